The Labute approximate surface area is 188 Å². The van der Waals surface area contributed by atoms with Gasteiger partial charge in [-0.15, -0.1) is 0 Å². The topological polar surface area (TPSA) is 85.0 Å². The molecule has 6 nitrogen and oxygen atoms in total. The van der Waals surface area contributed by atoms with Crippen LogP contribution in [0.2, 0.25) is 0 Å². The minimum absolute atomic E-state index is 0.413. The van der Waals surface area contributed by atoms with Crippen molar-refractivity contribution in [2.45, 2.75) is 26.9 Å². The number of aryl methyl sites for hydroxylation is 2. The van der Waals surface area contributed by atoms with Crippen molar-refractivity contribution in [3.63, 3.8) is 0 Å². The van der Waals surface area contributed by atoms with E-state index in [-0.39, 0.29) is 0 Å². The molecule has 2 amide bonds. The largest absolute Gasteiger partial charge is 0.381 e. The van der Waals surface area contributed by atoms with Crippen molar-refractivity contribution >= 4 is 11.7 Å². The zero-order valence-corrected chi connectivity index (χ0v) is 18.3. The average molecular weight is 426 g/mol. The van der Waals surface area contributed by atoms with Crippen LogP contribution < -0.4 is 16.4 Å². The first-order chi connectivity index (χ1) is 15.5. The molecule has 0 radical (unpaired) electrons. The maximum Gasteiger partial charge on any atom is 0.312 e. The summed E-state index contributed by atoms with van der Waals surface area (Å²) >= 11 is 0. The molecular weight excluding hydrogens is 398 g/mol. The number of benzene rings is 3. The molecule has 4 N–H and O–H groups in total. The second-order valence-electron chi connectivity index (χ2n) is 7.85. The number of aromatic nitrogens is 2. The Balaban J connectivity index is 1.58. The second kappa shape index (κ2) is 9.39. The molecule has 0 aliphatic heterocycles. The van der Waals surface area contributed by atoms with Crippen LogP contribution in [0.25, 0.3) is 16.9 Å². The standard InChI is InChI=1S/C26H27N5O/c1-18-8-11-21(14-19(18)2)25-22(17-31(30-25)24-6-4-3-5-7-24)16-28-23-12-9-20(10-13-23)15-29-26(27)32/h3-14,17,28H,15-16H2,1-2H3,(H3,27,29,32). The van der Waals surface area contributed by atoms with E-state index in [0.29, 0.717) is 13.1 Å². The van der Waals surface area contributed by atoms with Gasteiger partial charge in [-0.3, -0.25) is 0 Å². The lowest BCUT2D eigenvalue weighted by atomic mass is 10.0. The molecule has 0 aliphatic carbocycles. The Bertz CT molecular complexity index is 1210. The van der Waals surface area contributed by atoms with E-state index >= 15 is 0 Å². The summed E-state index contributed by atoms with van der Waals surface area (Å²) in [6.07, 6.45) is 2.08. The number of anilines is 1. The lowest BCUT2D eigenvalue weighted by molar-refractivity contribution is 0.248. The Kier molecular flexibility index (Phi) is 6.22. The van der Waals surface area contributed by atoms with Gasteiger partial charge in [0.1, 0.15) is 0 Å². The summed E-state index contributed by atoms with van der Waals surface area (Å²) in [5.74, 6) is 0. The predicted octanol–water partition coefficient (Wildman–Crippen LogP) is 4.94. The highest BCUT2D eigenvalue weighted by Gasteiger charge is 2.13. The third kappa shape index (κ3) is 4.98. The lowest BCUT2D eigenvalue weighted by Crippen LogP contribution is -2.28. The number of nitrogens with zero attached hydrogens (tertiary/aromatic N) is 2. The number of para-hydroxylation sites is 1. The molecule has 0 fully saturated rings. The maximum atomic E-state index is 10.9. The minimum Gasteiger partial charge on any atom is -0.381 e. The van der Waals surface area contributed by atoms with Gasteiger partial charge in [-0.2, -0.15) is 5.10 Å². The number of nitrogens with two attached hydrogens (primary N) is 1. The van der Waals surface area contributed by atoms with E-state index in [2.05, 4.69) is 48.9 Å². The minimum atomic E-state index is -0.526. The monoisotopic (exact) mass is 425 g/mol. The van der Waals surface area contributed by atoms with E-state index in [1.807, 2.05) is 59.3 Å². The van der Waals surface area contributed by atoms with Gasteiger partial charge in [0.15, 0.2) is 0 Å². The number of rotatable bonds is 7. The van der Waals surface area contributed by atoms with Crippen molar-refractivity contribution in [1.82, 2.24) is 15.1 Å². The van der Waals surface area contributed by atoms with Crippen LogP contribution in [0.5, 0.6) is 0 Å². The molecule has 0 bridgehead atoms. The molecule has 1 aromatic heterocycles. The van der Waals surface area contributed by atoms with Gasteiger partial charge in [0.2, 0.25) is 0 Å². The maximum absolute atomic E-state index is 10.9. The third-order valence-electron chi connectivity index (χ3n) is 5.49. The Morgan fingerprint density at radius 1 is 0.938 bits per heavy atom. The molecule has 0 spiro atoms. The number of amides is 2. The zero-order valence-electron chi connectivity index (χ0n) is 18.3. The normalized spacial score (nSPS) is 10.7. The van der Waals surface area contributed by atoms with Crippen LogP contribution >= 0.6 is 0 Å². The fourth-order valence-corrected chi connectivity index (χ4v) is 3.51. The predicted molar refractivity (Wildman–Crippen MR) is 129 cm³/mol. The van der Waals surface area contributed by atoms with E-state index in [9.17, 15) is 4.79 Å². The number of carbonyl (C=O) groups excluding carboxylic acids is 1. The summed E-state index contributed by atoms with van der Waals surface area (Å²) in [4.78, 5) is 10.9. The first-order valence-corrected chi connectivity index (χ1v) is 10.6. The zero-order chi connectivity index (χ0) is 22.5. The lowest BCUT2D eigenvalue weighted by Gasteiger charge is -2.09. The van der Waals surface area contributed by atoms with E-state index < -0.39 is 6.03 Å². The molecule has 1 heterocycles. The molecule has 0 saturated carbocycles. The van der Waals surface area contributed by atoms with E-state index in [0.717, 1.165) is 33.8 Å². The number of hydrogen-bond donors (Lipinski definition) is 3. The van der Waals surface area contributed by atoms with Gasteiger partial charge < -0.3 is 16.4 Å². The fourth-order valence-electron chi connectivity index (χ4n) is 3.51. The molecule has 0 saturated heterocycles. The van der Waals surface area contributed by atoms with E-state index in [1.165, 1.54) is 11.1 Å². The van der Waals surface area contributed by atoms with Crippen LogP contribution in [-0.2, 0) is 13.1 Å². The Morgan fingerprint density at radius 2 is 1.69 bits per heavy atom. The fraction of sp³-hybridized carbons (Fsp3) is 0.154. The highest BCUT2D eigenvalue weighted by molar-refractivity contribution is 5.71. The van der Waals surface area contributed by atoms with E-state index in [1.54, 1.807) is 0 Å². The summed E-state index contributed by atoms with van der Waals surface area (Å²) in [6.45, 7) is 5.29. The smallest absolute Gasteiger partial charge is 0.312 e. The van der Waals surface area contributed by atoms with Crippen LogP contribution in [0.4, 0.5) is 10.5 Å². The van der Waals surface area contributed by atoms with E-state index in [4.69, 9.17) is 10.8 Å². The van der Waals surface area contributed by atoms with Gasteiger partial charge in [0, 0.05) is 36.1 Å². The van der Waals surface area contributed by atoms with Crippen LogP contribution in [0, 0.1) is 13.8 Å². The number of hydrogen-bond acceptors (Lipinski definition) is 3. The van der Waals surface area contributed by atoms with Gasteiger partial charge in [-0.1, -0.05) is 42.5 Å². The first kappa shape index (κ1) is 21.2. The molecule has 4 rings (SSSR count). The molecule has 162 valence electrons. The summed E-state index contributed by atoms with van der Waals surface area (Å²) < 4.78 is 1.93. The number of carbonyl (C=O) groups is 1. The molecule has 32 heavy (non-hydrogen) atoms. The SMILES string of the molecule is Cc1ccc(-c2nn(-c3ccccc3)cc2CNc2ccc(CNC(N)=O)cc2)cc1C. The molecule has 6 heteroatoms. The van der Waals surface area contributed by atoms with Gasteiger partial charge in [-0.25, -0.2) is 9.48 Å². The van der Waals surface area contributed by atoms with Gasteiger partial charge in [0.05, 0.1) is 11.4 Å². The van der Waals surface area contributed by atoms with Crippen molar-refractivity contribution in [2.24, 2.45) is 5.73 Å². The summed E-state index contributed by atoms with van der Waals surface area (Å²) in [7, 11) is 0. The Hall–Kier alpha value is -4.06. The summed E-state index contributed by atoms with van der Waals surface area (Å²) in [6, 6.07) is 24.0. The quantitative estimate of drug-likeness (QED) is 0.392. The highest BCUT2D eigenvalue weighted by atomic mass is 16.2. The summed E-state index contributed by atoms with van der Waals surface area (Å²) in [5.41, 5.74) is 13.8. The van der Waals surface area contributed by atoms with Crippen molar-refractivity contribution in [1.29, 1.82) is 0 Å². The molecular formula is C26H27N5O. The van der Waals surface area contributed by atoms with Crippen molar-refractivity contribution in [3.8, 4) is 16.9 Å². The van der Waals surface area contributed by atoms with Gasteiger partial charge in [0.25, 0.3) is 0 Å². The molecule has 3 aromatic carbocycles. The van der Waals surface area contributed by atoms with Crippen LogP contribution in [0.1, 0.15) is 22.3 Å². The van der Waals surface area contributed by atoms with Crippen molar-refractivity contribution in [3.05, 3.63) is 101 Å². The molecule has 4 aromatic rings. The van der Waals surface area contributed by atoms with Crippen molar-refractivity contribution in [2.75, 3.05) is 5.32 Å². The van der Waals surface area contributed by atoms with Crippen molar-refractivity contribution < 1.29 is 4.79 Å². The average Bonchev–Trinajstić information content (AvgIpc) is 3.24. The van der Waals surface area contributed by atoms with Crippen LogP contribution in [-0.4, -0.2) is 15.8 Å². The number of primary amides is 1. The molecule has 0 aliphatic rings. The highest BCUT2D eigenvalue weighted by Crippen LogP contribution is 2.26. The van der Waals surface area contributed by atoms with Crippen LogP contribution in [0.15, 0.2) is 79.0 Å². The van der Waals surface area contributed by atoms with Crippen LogP contribution in [0.3, 0.4) is 0 Å². The number of nitrogens with one attached hydrogen (secondary N) is 2. The van der Waals surface area contributed by atoms with Gasteiger partial charge >= 0.3 is 6.03 Å². The first-order valence-electron chi connectivity index (χ1n) is 10.6. The third-order valence-corrected chi connectivity index (χ3v) is 5.49. The van der Waals surface area contributed by atoms with Gasteiger partial charge in [-0.05, 0) is 60.9 Å². The number of urea groups is 1. The molecule has 0 atom stereocenters. The second-order valence-corrected chi connectivity index (χ2v) is 7.85. The Morgan fingerprint density at radius 3 is 2.38 bits per heavy atom. The molecule has 0 unspecified atom stereocenters. The summed E-state index contributed by atoms with van der Waals surface area (Å²) in [5, 5.41) is 11.0.